The Balaban J connectivity index is 2.33. The van der Waals surface area contributed by atoms with Crippen LogP contribution < -0.4 is 9.86 Å². The summed E-state index contributed by atoms with van der Waals surface area (Å²) in [6, 6.07) is 3.69. The molecule has 13 heteroatoms. The number of hydrogen-bond donors (Lipinski definition) is 2. The fourth-order valence-electron chi connectivity index (χ4n) is 1.18. The van der Waals surface area contributed by atoms with Gasteiger partial charge in [-0.1, -0.05) is 34.5 Å². The van der Waals surface area contributed by atoms with Crippen LogP contribution in [0, 0.1) is 0 Å². The lowest BCUT2D eigenvalue weighted by atomic mass is 10.4. The summed E-state index contributed by atoms with van der Waals surface area (Å²) in [7, 11) is -8.05. The summed E-state index contributed by atoms with van der Waals surface area (Å²) in [6.45, 7) is 0. The SMILES string of the molecule is NS(=O)(=O)c1nnc(NS(=O)(=O)c2ccc(Cl)c(Cl)c2)s1. The highest BCUT2D eigenvalue weighted by molar-refractivity contribution is 7.93. The predicted molar refractivity (Wildman–Crippen MR) is 78.6 cm³/mol. The third-order valence-corrected chi connectivity index (χ3v) is 6.43. The molecule has 0 unspecified atom stereocenters. The van der Waals surface area contributed by atoms with Crippen LogP contribution in [-0.2, 0) is 20.0 Å². The molecule has 3 N–H and O–H groups in total. The van der Waals surface area contributed by atoms with Gasteiger partial charge in [-0.05, 0) is 18.2 Å². The second-order valence-electron chi connectivity index (χ2n) is 3.60. The van der Waals surface area contributed by atoms with Crippen molar-refractivity contribution in [2.75, 3.05) is 4.72 Å². The van der Waals surface area contributed by atoms with Crippen molar-refractivity contribution >= 4 is 59.7 Å². The molecule has 0 fully saturated rings. The van der Waals surface area contributed by atoms with Gasteiger partial charge >= 0.3 is 0 Å². The van der Waals surface area contributed by atoms with Gasteiger partial charge in [-0.15, -0.1) is 10.2 Å². The van der Waals surface area contributed by atoms with Crippen molar-refractivity contribution < 1.29 is 16.8 Å². The summed E-state index contributed by atoms with van der Waals surface area (Å²) < 4.78 is 47.8. The Morgan fingerprint density at radius 2 is 1.76 bits per heavy atom. The van der Waals surface area contributed by atoms with Crippen molar-refractivity contribution in [1.82, 2.24) is 10.2 Å². The van der Waals surface area contributed by atoms with Crippen molar-refractivity contribution in [3.05, 3.63) is 28.2 Å². The van der Waals surface area contributed by atoms with E-state index in [0.717, 1.165) is 6.07 Å². The van der Waals surface area contributed by atoms with E-state index < -0.39 is 24.4 Å². The molecule has 1 aromatic carbocycles. The Hall–Kier alpha value is -0.980. The molecule has 0 amide bonds. The average molecular weight is 389 g/mol. The van der Waals surface area contributed by atoms with Crippen molar-refractivity contribution in [1.29, 1.82) is 0 Å². The van der Waals surface area contributed by atoms with E-state index in [4.69, 9.17) is 28.3 Å². The van der Waals surface area contributed by atoms with Crippen LogP contribution in [0.5, 0.6) is 0 Å². The van der Waals surface area contributed by atoms with E-state index in [-0.39, 0.29) is 20.1 Å². The molecule has 0 saturated heterocycles. The highest BCUT2D eigenvalue weighted by Crippen LogP contribution is 2.27. The van der Waals surface area contributed by atoms with Crippen LogP contribution in [-0.4, -0.2) is 27.0 Å². The van der Waals surface area contributed by atoms with Gasteiger partial charge in [0.05, 0.1) is 14.9 Å². The molecule has 0 aliphatic heterocycles. The highest BCUT2D eigenvalue weighted by atomic mass is 35.5. The van der Waals surface area contributed by atoms with E-state index in [9.17, 15) is 16.8 Å². The highest BCUT2D eigenvalue weighted by Gasteiger charge is 2.20. The fourth-order valence-corrected chi connectivity index (χ4v) is 4.14. The lowest BCUT2D eigenvalue weighted by molar-refractivity contribution is 0.595. The van der Waals surface area contributed by atoms with Crippen molar-refractivity contribution in [2.45, 2.75) is 9.24 Å². The van der Waals surface area contributed by atoms with E-state index in [2.05, 4.69) is 14.9 Å². The monoisotopic (exact) mass is 388 g/mol. The van der Waals surface area contributed by atoms with E-state index in [1.54, 1.807) is 0 Å². The first-order valence-electron chi connectivity index (χ1n) is 4.94. The number of hydrogen-bond acceptors (Lipinski definition) is 7. The first-order valence-corrected chi connectivity index (χ1v) is 9.54. The molecule has 0 saturated carbocycles. The predicted octanol–water partition coefficient (Wildman–Crippen LogP) is 1.29. The second-order valence-corrected chi connectivity index (χ2v) is 8.81. The number of benzene rings is 1. The number of nitrogens with zero attached hydrogens (tertiary/aromatic N) is 2. The number of anilines is 1. The molecule has 21 heavy (non-hydrogen) atoms. The lowest BCUT2D eigenvalue weighted by Crippen LogP contribution is -2.12. The van der Waals surface area contributed by atoms with Gasteiger partial charge in [0, 0.05) is 0 Å². The minimum atomic E-state index is -4.04. The Morgan fingerprint density at radius 3 is 2.29 bits per heavy atom. The number of nitrogens with two attached hydrogens (primary N) is 1. The molecule has 0 aliphatic rings. The third kappa shape index (κ3) is 3.81. The smallest absolute Gasteiger partial charge is 0.253 e. The van der Waals surface area contributed by atoms with Crippen LogP contribution >= 0.6 is 34.5 Å². The average Bonchev–Trinajstić information content (AvgIpc) is 2.80. The summed E-state index contributed by atoms with van der Waals surface area (Å²) in [5.74, 6) is 0. The van der Waals surface area contributed by atoms with Crippen LogP contribution in [0.4, 0.5) is 5.13 Å². The lowest BCUT2D eigenvalue weighted by Gasteiger charge is -2.05. The molecule has 0 radical (unpaired) electrons. The number of aromatic nitrogens is 2. The Bertz CT molecular complexity index is 894. The minimum Gasteiger partial charge on any atom is -0.253 e. The molecule has 0 bridgehead atoms. The number of rotatable bonds is 4. The molecule has 0 spiro atoms. The van der Waals surface area contributed by atoms with E-state index in [1.165, 1.54) is 12.1 Å². The number of nitrogens with one attached hydrogen (secondary N) is 1. The van der Waals surface area contributed by atoms with Crippen LogP contribution in [0.3, 0.4) is 0 Å². The molecule has 0 atom stereocenters. The largest absolute Gasteiger partial charge is 0.267 e. The molecular formula is C8H6Cl2N4O4S3. The Kier molecular flexibility index (Phi) is 4.42. The van der Waals surface area contributed by atoms with Gasteiger partial charge in [0.1, 0.15) is 0 Å². The van der Waals surface area contributed by atoms with Gasteiger partial charge < -0.3 is 0 Å². The summed E-state index contributed by atoms with van der Waals surface area (Å²) in [5.41, 5.74) is 0. The standard InChI is InChI=1S/C8H6Cl2N4O4S3/c9-5-2-1-4(3-6(5)10)21(17,18)14-7-12-13-8(19-7)20(11,15)16/h1-3H,(H,12,14)(H2,11,15,16). The van der Waals surface area contributed by atoms with Crippen LogP contribution in [0.1, 0.15) is 0 Å². The zero-order valence-electron chi connectivity index (χ0n) is 9.82. The van der Waals surface area contributed by atoms with E-state index in [0.29, 0.717) is 11.3 Å². The molecule has 8 nitrogen and oxygen atoms in total. The van der Waals surface area contributed by atoms with Gasteiger partial charge in [0.2, 0.25) is 9.47 Å². The molecule has 2 rings (SSSR count). The first-order chi connectivity index (χ1) is 9.59. The van der Waals surface area contributed by atoms with Crippen molar-refractivity contribution in [2.24, 2.45) is 5.14 Å². The normalized spacial score (nSPS) is 12.3. The van der Waals surface area contributed by atoms with Gasteiger partial charge in [0.15, 0.2) is 0 Å². The van der Waals surface area contributed by atoms with E-state index >= 15 is 0 Å². The van der Waals surface area contributed by atoms with Crippen LogP contribution in [0.2, 0.25) is 10.0 Å². The number of primary sulfonamides is 1. The zero-order chi connectivity index (χ0) is 15.8. The molecule has 1 heterocycles. The summed E-state index contributed by atoms with van der Waals surface area (Å²) >= 11 is 11.9. The molecule has 1 aromatic heterocycles. The van der Waals surface area contributed by atoms with Gasteiger partial charge in [-0.3, -0.25) is 4.72 Å². The Labute approximate surface area is 134 Å². The third-order valence-electron chi connectivity index (χ3n) is 2.07. The molecule has 114 valence electrons. The van der Waals surface area contributed by atoms with Gasteiger partial charge in [0.25, 0.3) is 20.0 Å². The van der Waals surface area contributed by atoms with Crippen molar-refractivity contribution in [3.63, 3.8) is 0 Å². The van der Waals surface area contributed by atoms with Gasteiger partial charge in [-0.25, -0.2) is 22.0 Å². The quantitative estimate of drug-likeness (QED) is 0.810. The van der Waals surface area contributed by atoms with Crippen LogP contribution in [0.15, 0.2) is 27.4 Å². The second kappa shape index (κ2) is 5.66. The van der Waals surface area contributed by atoms with Crippen LogP contribution in [0.25, 0.3) is 0 Å². The van der Waals surface area contributed by atoms with Crippen molar-refractivity contribution in [3.8, 4) is 0 Å². The number of halogens is 2. The maximum atomic E-state index is 12.1. The Morgan fingerprint density at radius 1 is 1.10 bits per heavy atom. The summed E-state index contributed by atoms with van der Waals surface area (Å²) in [5, 5.41) is 11.5. The summed E-state index contributed by atoms with van der Waals surface area (Å²) in [4.78, 5) is -0.163. The maximum Gasteiger partial charge on any atom is 0.267 e. The maximum absolute atomic E-state index is 12.1. The van der Waals surface area contributed by atoms with E-state index in [1.807, 2.05) is 0 Å². The summed E-state index contributed by atoms with van der Waals surface area (Å²) in [6.07, 6.45) is 0. The fraction of sp³-hybridized carbons (Fsp3) is 0. The zero-order valence-corrected chi connectivity index (χ0v) is 13.8. The topological polar surface area (TPSA) is 132 Å². The molecule has 2 aromatic rings. The van der Waals surface area contributed by atoms with Gasteiger partial charge in [-0.2, -0.15) is 0 Å². The number of sulfonamides is 2. The first kappa shape index (κ1) is 16.4. The molecular weight excluding hydrogens is 383 g/mol. The minimum absolute atomic E-state index is 0.0574. The molecule has 0 aliphatic carbocycles.